The molecule has 4 heteroatoms. The summed E-state index contributed by atoms with van der Waals surface area (Å²) in [7, 11) is 0. The summed E-state index contributed by atoms with van der Waals surface area (Å²) in [6.45, 7) is 1.91. The van der Waals surface area contributed by atoms with Crippen molar-refractivity contribution in [1.82, 2.24) is 10.0 Å². The monoisotopic (exact) mass is 168 g/mol. The molecule has 4 nitrogen and oxygen atoms in total. The van der Waals surface area contributed by atoms with E-state index < -0.39 is 0 Å². The number of hydroxylamine groups is 1. The average Bonchev–Trinajstić information content (AvgIpc) is 2.56. The molecule has 1 amide bonds. The van der Waals surface area contributed by atoms with Crippen molar-refractivity contribution in [3.8, 4) is 0 Å². The van der Waals surface area contributed by atoms with Gasteiger partial charge in [-0.15, -0.1) is 0 Å². The number of hydrogen-bond donors (Lipinski definition) is 2. The predicted octanol–water partition coefficient (Wildman–Crippen LogP) is 0.945. The molecule has 0 spiro atoms. The van der Waals surface area contributed by atoms with E-state index in [9.17, 15) is 4.79 Å². The highest BCUT2D eigenvalue weighted by Gasteiger charge is 2.07. The van der Waals surface area contributed by atoms with Crippen molar-refractivity contribution in [3.63, 3.8) is 0 Å². The molecule has 1 aromatic rings. The molecule has 0 aromatic carbocycles. The fourth-order valence-electron chi connectivity index (χ4n) is 1.06. The van der Waals surface area contributed by atoms with Crippen LogP contribution in [0.5, 0.6) is 0 Å². The number of amides is 1. The number of nitrogens with one attached hydrogen (secondary N) is 1. The fraction of sp³-hybridized carbons (Fsp3) is 0.375. The molecular formula is C8H12N2O2. The highest BCUT2D eigenvalue weighted by molar-refractivity contribution is 5.74. The largest absolute Gasteiger partial charge is 0.351 e. The molecule has 0 aliphatic heterocycles. The first kappa shape index (κ1) is 8.80. The second-order valence-corrected chi connectivity index (χ2v) is 2.72. The maximum absolute atomic E-state index is 10.7. The van der Waals surface area contributed by atoms with Crippen LogP contribution in [0, 0.1) is 0 Å². The van der Waals surface area contributed by atoms with Crippen LogP contribution in [0.25, 0.3) is 0 Å². The van der Waals surface area contributed by atoms with Crippen molar-refractivity contribution in [2.45, 2.75) is 19.4 Å². The van der Waals surface area contributed by atoms with E-state index in [4.69, 9.17) is 5.21 Å². The van der Waals surface area contributed by atoms with Gasteiger partial charge in [0.1, 0.15) is 0 Å². The molecule has 0 aliphatic carbocycles. The lowest BCUT2D eigenvalue weighted by Gasteiger charge is -2.11. The average molecular weight is 168 g/mol. The Bertz CT molecular complexity index is 244. The zero-order valence-electron chi connectivity index (χ0n) is 6.90. The van der Waals surface area contributed by atoms with E-state index in [1.165, 1.54) is 0 Å². The van der Waals surface area contributed by atoms with Gasteiger partial charge in [-0.05, 0) is 19.1 Å². The minimum atomic E-state index is -0.365. The minimum absolute atomic E-state index is 0.0761. The van der Waals surface area contributed by atoms with Gasteiger partial charge in [-0.25, -0.2) is 5.48 Å². The number of rotatable bonds is 3. The van der Waals surface area contributed by atoms with Crippen LogP contribution in [-0.2, 0) is 4.79 Å². The number of aromatic nitrogens is 1. The van der Waals surface area contributed by atoms with Crippen LogP contribution in [0.15, 0.2) is 24.5 Å². The molecule has 1 unspecified atom stereocenters. The standard InChI is InChI=1S/C8H12N2O2/c1-7(6-8(11)9-12)10-4-2-3-5-10/h2-5,7,12H,6H2,1H3,(H,9,11). The van der Waals surface area contributed by atoms with Crippen molar-refractivity contribution in [2.75, 3.05) is 0 Å². The summed E-state index contributed by atoms with van der Waals surface area (Å²) in [4.78, 5) is 10.7. The molecule has 1 heterocycles. The maximum Gasteiger partial charge on any atom is 0.245 e. The van der Waals surface area contributed by atoms with Crippen LogP contribution in [0.3, 0.4) is 0 Å². The van der Waals surface area contributed by atoms with Crippen molar-refractivity contribution < 1.29 is 10.0 Å². The highest BCUT2D eigenvalue weighted by atomic mass is 16.5. The molecule has 0 fully saturated rings. The summed E-state index contributed by atoms with van der Waals surface area (Å²) in [6, 6.07) is 3.87. The smallest absolute Gasteiger partial charge is 0.245 e. The first-order valence-electron chi connectivity index (χ1n) is 3.79. The van der Waals surface area contributed by atoms with Crippen LogP contribution in [0.1, 0.15) is 19.4 Å². The van der Waals surface area contributed by atoms with Gasteiger partial charge in [0.05, 0.1) is 0 Å². The summed E-state index contributed by atoms with van der Waals surface area (Å²) in [5.41, 5.74) is 1.61. The van der Waals surface area contributed by atoms with Crippen molar-refractivity contribution in [3.05, 3.63) is 24.5 Å². The van der Waals surface area contributed by atoms with Gasteiger partial charge in [0.25, 0.3) is 0 Å². The van der Waals surface area contributed by atoms with E-state index in [0.717, 1.165) is 0 Å². The van der Waals surface area contributed by atoms with Crippen molar-refractivity contribution >= 4 is 5.91 Å². The molecule has 12 heavy (non-hydrogen) atoms. The number of carbonyl (C=O) groups excluding carboxylic acids is 1. The highest BCUT2D eigenvalue weighted by Crippen LogP contribution is 2.09. The quantitative estimate of drug-likeness (QED) is 0.521. The Morgan fingerprint density at radius 1 is 1.58 bits per heavy atom. The SMILES string of the molecule is CC(CC(=O)NO)n1cccc1. The topological polar surface area (TPSA) is 54.3 Å². The van der Waals surface area contributed by atoms with Gasteiger partial charge in [-0.1, -0.05) is 0 Å². The molecule has 0 aliphatic rings. The second-order valence-electron chi connectivity index (χ2n) is 2.72. The Balaban J connectivity index is 2.49. The van der Waals surface area contributed by atoms with E-state index >= 15 is 0 Å². The molecule has 2 N–H and O–H groups in total. The van der Waals surface area contributed by atoms with Crippen molar-refractivity contribution in [1.29, 1.82) is 0 Å². The number of nitrogens with zero attached hydrogens (tertiary/aromatic N) is 1. The third-order valence-corrected chi connectivity index (χ3v) is 1.74. The molecule has 0 saturated carbocycles. The minimum Gasteiger partial charge on any atom is -0.351 e. The van der Waals surface area contributed by atoms with Crippen LogP contribution >= 0.6 is 0 Å². The van der Waals surface area contributed by atoms with Crippen LogP contribution in [0.2, 0.25) is 0 Å². The molecular weight excluding hydrogens is 156 g/mol. The van der Waals surface area contributed by atoms with Crippen LogP contribution in [-0.4, -0.2) is 15.7 Å². The Labute approximate surface area is 70.8 Å². The van der Waals surface area contributed by atoms with E-state index in [2.05, 4.69) is 0 Å². The summed E-state index contributed by atoms with van der Waals surface area (Å²) < 4.78 is 1.91. The lowest BCUT2D eigenvalue weighted by molar-refractivity contribution is -0.129. The number of carbonyl (C=O) groups is 1. The third-order valence-electron chi connectivity index (χ3n) is 1.74. The Morgan fingerprint density at radius 2 is 2.17 bits per heavy atom. The third kappa shape index (κ3) is 2.10. The predicted molar refractivity (Wildman–Crippen MR) is 43.7 cm³/mol. The van der Waals surface area contributed by atoms with Crippen molar-refractivity contribution in [2.24, 2.45) is 0 Å². The van der Waals surface area contributed by atoms with E-state index in [0.29, 0.717) is 0 Å². The Hall–Kier alpha value is -1.29. The maximum atomic E-state index is 10.7. The van der Waals surface area contributed by atoms with E-state index in [1.807, 2.05) is 36.0 Å². The van der Waals surface area contributed by atoms with Crippen LogP contribution < -0.4 is 5.48 Å². The van der Waals surface area contributed by atoms with Gasteiger partial charge in [0, 0.05) is 24.9 Å². The molecule has 1 rings (SSSR count). The summed E-state index contributed by atoms with van der Waals surface area (Å²) >= 11 is 0. The van der Waals surface area contributed by atoms with Crippen LogP contribution in [0.4, 0.5) is 0 Å². The van der Waals surface area contributed by atoms with Gasteiger partial charge < -0.3 is 4.57 Å². The zero-order chi connectivity index (χ0) is 8.97. The zero-order valence-corrected chi connectivity index (χ0v) is 6.90. The van der Waals surface area contributed by atoms with E-state index in [1.54, 1.807) is 5.48 Å². The van der Waals surface area contributed by atoms with E-state index in [-0.39, 0.29) is 18.4 Å². The van der Waals surface area contributed by atoms with Gasteiger partial charge in [0.15, 0.2) is 0 Å². The van der Waals surface area contributed by atoms with Gasteiger partial charge in [0.2, 0.25) is 5.91 Å². The lowest BCUT2D eigenvalue weighted by atomic mass is 10.2. The normalized spacial score (nSPS) is 12.5. The summed E-state index contributed by atoms with van der Waals surface area (Å²) in [6.07, 6.45) is 4.05. The van der Waals surface area contributed by atoms with Gasteiger partial charge in [-0.2, -0.15) is 0 Å². The molecule has 66 valence electrons. The summed E-state index contributed by atoms with van der Waals surface area (Å²) in [5.74, 6) is -0.365. The fourth-order valence-corrected chi connectivity index (χ4v) is 1.06. The van der Waals surface area contributed by atoms with Gasteiger partial charge in [-0.3, -0.25) is 10.0 Å². The molecule has 0 bridgehead atoms. The Morgan fingerprint density at radius 3 is 2.67 bits per heavy atom. The first-order valence-corrected chi connectivity index (χ1v) is 3.79. The first-order chi connectivity index (χ1) is 5.74. The molecule has 0 saturated heterocycles. The molecule has 0 radical (unpaired) electrons. The second kappa shape index (κ2) is 3.92. The molecule has 1 aromatic heterocycles. The summed E-state index contributed by atoms with van der Waals surface area (Å²) in [5, 5.41) is 8.27. The Kier molecular flexibility index (Phi) is 2.88. The lowest BCUT2D eigenvalue weighted by Crippen LogP contribution is -2.21. The van der Waals surface area contributed by atoms with Gasteiger partial charge >= 0.3 is 0 Å². The number of hydrogen-bond acceptors (Lipinski definition) is 2. The molecule has 1 atom stereocenters.